The Kier molecular flexibility index (Phi) is 9.76. The molecule has 2 aromatic carbocycles. The molecule has 0 saturated carbocycles. The molecule has 0 heterocycles. The van der Waals surface area contributed by atoms with Gasteiger partial charge in [0.05, 0.1) is 7.11 Å². The van der Waals surface area contributed by atoms with Crippen molar-refractivity contribution < 1.29 is 14.3 Å². The van der Waals surface area contributed by atoms with E-state index >= 15 is 0 Å². The second-order valence-corrected chi connectivity index (χ2v) is 8.76. The fraction of sp³-hybridized carbons (Fsp3) is 0.481. The summed E-state index contributed by atoms with van der Waals surface area (Å²) in [5, 5.41) is 3.01. The number of aryl methyl sites for hydroxylation is 1. The van der Waals surface area contributed by atoms with Gasteiger partial charge in [-0.25, -0.2) is 0 Å². The van der Waals surface area contributed by atoms with Crippen LogP contribution in [0.1, 0.15) is 70.1 Å². The standard InChI is InChI=1S/C27H38N2O3/c1-7-20(4)28-27(31)21(5)29(18-23-10-15-25(32-6)16-11-23)26(30)17-12-22-8-13-24(14-9-22)19(2)3/h8-11,13-16,19-21H,7,12,17-18H2,1-6H3,(H,28,31). The fourth-order valence-corrected chi connectivity index (χ4v) is 3.44. The number of nitrogens with zero attached hydrogens (tertiary/aromatic N) is 1. The van der Waals surface area contributed by atoms with E-state index in [0.29, 0.717) is 25.3 Å². The maximum atomic E-state index is 13.2. The van der Waals surface area contributed by atoms with E-state index in [1.165, 1.54) is 5.56 Å². The van der Waals surface area contributed by atoms with Gasteiger partial charge in [-0.1, -0.05) is 57.2 Å². The molecule has 2 unspecified atom stereocenters. The van der Waals surface area contributed by atoms with Crippen molar-refractivity contribution in [2.75, 3.05) is 7.11 Å². The minimum absolute atomic E-state index is 0.0273. The first-order valence-corrected chi connectivity index (χ1v) is 11.6. The molecule has 1 N–H and O–H groups in total. The third-order valence-corrected chi connectivity index (χ3v) is 5.95. The number of carbonyl (C=O) groups is 2. The molecule has 5 nitrogen and oxygen atoms in total. The molecule has 0 radical (unpaired) electrons. The number of carbonyl (C=O) groups excluding carboxylic acids is 2. The number of methoxy groups -OCH3 is 1. The first-order chi connectivity index (χ1) is 15.2. The van der Waals surface area contributed by atoms with E-state index < -0.39 is 6.04 Å². The van der Waals surface area contributed by atoms with Crippen LogP contribution < -0.4 is 10.1 Å². The van der Waals surface area contributed by atoms with Crippen molar-refractivity contribution in [1.82, 2.24) is 10.2 Å². The van der Waals surface area contributed by atoms with E-state index in [-0.39, 0.29) is 17.9 Å². The lowest BCUT2D eigenvalue weighted by Gasteiger charge is -2.30. The largest absolute Gasteiger partial charge is 0.497 e. The van der Waals surface area contributed by atoms with Gasteiger partial charge in [-0.2, -0.15) is 0 Å². The van der Waals surface area contributed by atoms with Gasteiger partial charge in [-0.05, 0) is 61.4 Å². The van der Waals surface area contributed by atoms with Crippen molar-refractivity contribution in [3.8, 4) is 5.75 Å². The Balaban J connectivity index is 2.13. The van der Waals surface area contributed by atoms with Crippen LogP contribution in [0.2, 0.25) is 0 Å². The third-order valence-electron chi connectivity index (χ3n) is 5.95. The number of nitrogens with one attached hydrogen (secondary N) is 1. The van der Waals surface area contributed by atoms with Gasteiger partial charge in [0, 0.05) is 19.0 Å². The van der Waals surface area contributed by atoms with Crippen LogP contribution in [0.5, 0.6) is 5.75 Å². The summed E-state index contributed by atoms with van der Waals surface area (Å²) in [6, 6.07) is 15.6. The van der Waals surface area contributed by atoms with E-state index in [2.05, 4.69) is 43.4 Å². The number of benzene rings is 2. The molecule has 0 aromatic heterocycles. The van der Waals surface area contributed by atoms with Crippen LogP contribution in [0.15, 0.2) is 48.5 Å². The highest BCUT2D eigenvalue weighted by atomic mass is 16.5. The summed E-state index contributed by atoms with van der Waals surface area (Å²) in [6.45, 7) is 10.5. The lowest BCUT2D eigenvalue weighted by atomic mass is 10.00. The highest BCUT2D eigenvalue weighted by Gasteiger charge is 2.26. The van der Waals surface area contributed by atoms with Crippen LogP contribution in [-0.4, -0.2) is 35.9 Å². The van der Waals surface area contributed by atoms with Gasteiger partial charge in [-0.3, -0.25) is 9.59 Å². The maximum absolute atomic E-state index is 13.2. The van der Waals surface area contributed by atoms with Crippen LogP contribution in [0.3, 0.4) is 0 Å². The molecule has 2 atom stereocenters. The Morgan fingerprint density at radius 2 is 1.53 bits per heavy atom. The molecule has 0 spiro atoms. The summed E-state index contributed by atoms with van der Waals surface area (Å²) in [7, 11) is 1.62. The zero-order valence-electron chi connectivity index (χ0n) is 20.4. The smallest absolute Gasteiger partial charge is 0.242 e. The van der Waals surface area contributed by atoms with Crippen molar-refractivity contribution in [3.63, 3.8) is 0 Å². The Hall–Kier alpha value is -2.82. The Bertz CT molecular complexity index is 859. The van der Waals surface area contributed by atoms with Gasteiger partial charge in [0.25, 0.3) is 0 Å². The molecule has 0 aliphatic heterocycles. The summed E-state index contributed by atoms with van der Waals surface area (Å²) in [5.41, 5.74) is 3.38. The number of hydrogen-bond acceptors (Lipinski definition) is 3. The number of hydrogen-bond donors (Lipinski definition) is 1. The van der Waals surface area contributed by atoms with Gasteiger partial charge >= 0.3 is 0 Å². The lowest BCUT2D eigenvalue weighted by Crippen LogP contribution is -2.49. The summed E-state index contributed by atoms with van der Waals surface area (Å²) in [4.78, 5) is 27.7. The Morgan fingerprint density at radius 1 is 0.938 bits per heavy atom. The molecule has 2 amide bonds. The Labute approximate surface area is 193 Å². The average Bonchev–Trinajstić information content (AvgIpc) is 2.80. The number of ether oxygens (including phenoxy) is 1. The van der Waals surface area contributed by atoms with Gasteiger partial charge in [0.1, 0.15) is 11.8 Å². The molecule has 5 heteroatoms. The minimum Gasteiger partial charge on any atom is -0.497 e. The summed E-state index contributed by atoms with van der Waals surface area (Å²) in [6.07, 6.45) is 1.85. The predicted octanol–water partition coefficient (Wildman–Crippen LogP) is 5.08. The molecule has 32 heavy (non-hydrogen) atoms. The van der Waals surface area contributed by atoms with Crippen molar-refractivity contribution in [1.29, 1.82) is 0 Å². The molecule has 0 saturated heterocycles. The quantitative estimate of drug-likeness (QED) is 0.532. The second kappa shape index (κ2) is 12.3. The molecular formula is C27H38N2O3. The zero-order chi connectivity index (χ0) is 23.7. The van der Waals surface area contributed by atoms with Gasteiger partial charge in [-0.15, -0.1) is 0 Å². The molecule has 0 aliphatic rings. The van der Waals surface area contributed by atoms with E-state index in [1.807, 2.05) is 38.1 Å². The summed E-state index contributed by atoms with van der Waals surface area (Å²) < 4.78 is 5.23. The maximum Gasteiger partial charge on any atom is 0.242 e. The molecule has 2 rings (SSSR count). The van der Waals surface area contributed by atoms with Crippen LogP contribution in [0.25, 0.3) is 0 Å². The fourth-order valence-electron chi connectivity index (χ4n) is 3.44. The normalized spacial score (nSPS) is 12.8. The molecule has 0 bridgehead atoms. The van der Waals surface area contributed by atoms with Crippen LogP contribution in [0.4, 0.5) is 0 Å². The summed E-state index contributed by atoms with van der Waals surface area (Å²) >= 11 is 0. The van der Waals surface area contributed by atoms with E-state index in [9.17, 15) is 9.59 Å². The van der Waals surface area contributed by atoms with Crippen LogP contribution >= 0.6 is 0 Å². The van der Waals surface area contributed by atoms with Crippen molar-refractivity contribution in [2.24, 2.45) is 0 Å². The van der Waals surface area contributed by atoms with E-state index in [4.69, 9.17) is 4.74 Å². The van der Waals surface area contributed by atoms with Crippen molar-refractivity contribution in [2.45, 2.75) is 78.4 Å². The SMILES string of the molecule is CCC(C)NC(=O)C(C)N(Cc1ccc(OC)cc1)C(=O)CCc1ccc(C(C)C)cc1. The highest BCUT2D eigenvalue weighted by molar-refractivity contribution is 5.87. The van der Waals surface area contributed by atoms with Gasteiger partial charge < -0.3 is 15.0 Å². The molecule has 0 aliphatic carbocycles. The average molecular weight is 439 g/mol. The molecule has 0 fully saturated rings. The highest BCUT2D eigenvalue weighted by Crippen LogP contribution is 2.18. The second-order valence-electron chi connectivity index (χ2n) is 8.76. The lowest BCUT2D eigenvalue weighted by molar-refractivity contribution is -0.140. The molecule has 174 valence electrons. The summed E-state index contributed by atoms with van der Waals surface area (Å²) in [5.74, 6) is 1.10. The molecular weight excluding hydrogens is 400 g/mol. The topological polar surface area (TPSA) is 58.6 Å². The Morgan fingerprint density at radius 3 is 2.06 bits per heavy atom. The number of rotatable bonds is 11. The van der Waals surface area contributed by atoms with Crippen molar-refractivity contribution in [3.05, 3.63) is 65.2 Å². The van der Waals surface area contributed by atoms with Crippen LogP contribution in [0, 0.1) is 0 Å². The van der Waals surface area contributed by atoms with Crippen LogP contribution in [-0.2, 0) is 22.6 Å². The first kappa shape index (κ1) is 25.4. The third kappa shape index (κ3) is 7.40. The molecule has 2 aromatic rings. The van der Waals surface area contributed by atoms with Crippen molar-refractivity contribution >= 4 is 11.8 Å². The predicted molar refractivity (Wildman–Crippen MR) is 130 cm³/mol. The minimum atomic E-state index is -0.554. The first-order valence-electron chi connectivity index (χ1n) is 11.6. The monoisotopic (exact) mass is 438 g/mol. The number of amides is 2. The van der Waals surface area contributed by atoms with Gasteiger partial charge in [0.15, 0.2) is 0 Å². The zero-order valence-corrected chi connectivity index (χ0v) is 20.4. The van der Waals surface area contributed by atoms with E-state index in [1.54, 1.807) is 18.9 Å². The van der Waals surface area contributed by atoms with Gasteiger partial charge in [0.2, 0.25) is 11.8 Å². The van der Waals surface area contributed by atoms with E-state index in [0.717, 1.165) is 23.3 Å².